The maximum atomic E-state index is 11.9. The standard InChI is InChI=1S/C14H13ClN2O3S/c1-20-14(19)9-4-10(15)6-12(5-9)17-13(18)3-2-11-7-21-8-16-11/h4-8H,2-3H2,1H3,(H,17,18). The summed E-state index contributed by atoms with van der Waals surface area (Å²) in [7, 11) is 1.29. The smallest absolute Gasteiger partial charge is 0.337 e. The lowest BCUT2D eigenvalue weighted by Gasteiger charge is -2.07. The molecule has 7 heteroatoms. The van der Waals surface area contributed by atoms with Gasteiger partial charge >= 0.3 is 5.97 Å². The molecule has 110 valence electrons. The lowest BCUT2D eigenvalue weighted by Crippen LogP contribution is -2.13. The molecule has 0 aliphatic heterocycles. The summed E-state index contributed by atoms with van der Waals surface area (Å²) in [5, 5.41) is 4.97. The quantitative estimate of drug-likeness (QED) is 0.858. The number of rotatable bonds is 5. The number of halogens is 1. The van der Waals surface area contributed by atoms with Gasteiger partial charge in [0.2, 0.25) is 5.91 Å². The van der Waals surface area contributed by atoms with Crippen LogP contribution in [0.1, 0.15) is 22.5 Å². The summed E-state index contributed by atoms with van der Waals surface area (Å²) in [6.07, 6.45) is 0.879. The van der Waals surface area contributed by atoms with Crippen molar-refractivity contribution in [3.05, 3.63) is 45.4 Å². The molecule has 0 aliphatic rings. The predicted octanol–water partition coefficient (Wildman–Crippen LogP) is 3.15. The Morgan fingerprint density at radius 1 is 1.38 bits per heavy atom. The van der Waals surface area contributed by atoms with Crippen LogP contribution >= 0.6 is 22.9 Å². The van der Waals surface area contributed by atoms with Gasteiger partial charge in [0.1, 0.15) is 0 Å². The van der Waals surface area contributed by atoms with Gasteiger partial charge in [-0.2, -0.15) is 0 Å². The van der Waals surface area contributed by atoms with E-state index in [-0.39, 0.29) is 5.91 Å². The van der Waals surface area contributed by atoms with Gasteiger partial charge in [-0.05, 0) is 24.6 Å². The first kappa shape index (κ1) is 15.5. The molecule has 1 aromatic heterocycles. The highest BCUT2D eigenvalue weighted by molar-refractivity contribution is 7.07. The van der Waals surface area contributed by atoms with Crippen LogP contribution in [0, 0.1) is 0 Å². The van der Waals surface area contributed by atoms with Crippen molar-refractivity contribution in [3.63, 3.8) is 0 Å². The van der Waals surface area contributed by atoms with Crippen LogP contribution in [-0.4, -0.2) is 24.0 Å². The summed E-state index contributed by atoms with van der Waals surface area (Å²) in [4.78, 5) is 27.5. The molecule has 0 unspecified atom stereocenters. The topological polar surface area (TPSA) is 68.3 Å². The summed E-state index contributed by atoms with van der Waals surface area (Å²) in [6, 6.07) is 4.59. The highest BCUT2D eigenvalue weighted by atomic mass is 35.5. The highest BCUT2D eigenvalue weighted by Crippen LogP contribution is 2.20. The average molecular weight is 325 g/mol. The van der Waals surface area contributed by atoms with Crippen LogP contribution in [0.3, 0.4) is 0 Å². The Bertz CT molecular complexity index is 644. The Morgan fingerprint density at radius 3 is 2.86 bits per heavy atom. The van der Waals surface area contributed by atoms with E-state index in [2.05, 4.69) is 15.0 Å². The zero-order valence-corrected chi connectivity index (χ0v) is 12.8. The van der Waals surface area contributed by atoms with E-state index in [1.807, 2.05) is 5.38 Å². The molecule has 0 saturated carbocycles. The van der Waals surface area contributed by atoms with Crippen molar-refractivity contribution in [3.8, 4) is 0 Å². The van der Waals surface area contributed by atoms with Crippen LogP contribution < -0.4 is 5.32 Å². The SMILES string of the molecule is COC(=O)c1cc(Cl)cc(NC(=O)CCc2cscn2)c1. The van der Waals surface area contributed by atoms with Gasteiger partial charge < -0.3 is 10.1 Å². The van der Waals surface area contributed by atoms with Crippen molar-refractivity contribution >= 4 is 40.5 Å². The summed E-state index contributed by atoms with van der Waals surface area (Å²) in [5.41, 5.74) is 3.37. The summed E-state index contributed by atoms with van der Waals surface area (Å²) in [5.74, 6) is -0.670. The minimum atomic E-state index is -0.504. The molecule has 0 atom stereocenters. The monoisotopic (exact) mass is 324 g/mol. The number of esters is 1. The number of thiazole rings is 1. The lowest BCUT2D eigenvalue weighted by atomic mass is 10.2. The van der Waals surface area contributed by atoms with Crippen molar-refractivity contribution in [2.75, 3.05) is 12.4 Å². The van der Waals surface area contributed by atoms with Gasteiger partial charge in [0.25, 0.3) is 0 Å². The molecule has 21 heavy (non-hydrogen) atoms. The van der Waals surface area contributed by atoms with Crippen molar-refractivity contribution in [1.29, 1.82) is 0 Å². The van der Waals surface area contributed by atoms with Crippen LogP contribution in [0.15, 0.2) is 29.1 Å². The molecule has 2 rings (SSSR count). The molecule has 0 fully saturated rings. The number of carbonyl (C=O) groups excluding carboxylic acids is 2. The molecule has 0 spiro atoms. The Kier molecular flexibility index (Phi) is 5.30. The van der Waals surface area contributed by atoms with E-state index < -0.39 is 5.97 Å². The maximum Gasteiger partial charge on any atom is 0.337 e. The van der Waals surface area contributed by atoms with Crippen molar-refractivity contribution in [2.24, 2.45) is 0 Å². The number of nitrogens with one attached hydrogen (secondary N) is 1. The molecule has 2 aromatic rings. The van der Waals surface area contributed by atoms with Gasteiger partial charge in [0.15, 0.2) is 0 Å². The fourth-order valence-corrected chi connectivity index (χ4v) is 2.55. The largest absolute Gasteiger partial charge is 0.465 e. The number of aromatic nitrogens is 1. The highest BCUT2D eigenvalue weighted by Gasteiger charge is 2.10. The second-order valence-electron chi connectivity index (χ2n) is 4.25. The minimum absolute atomic E-state index is 0.166. The number of nitrogens with zero attached hydrogens (tertiary/aromatic N) is 1. The second kappa shape index (κ2) is 7.19. The van der Waals surface area contributed by atoms with Crippen LogP contribution in [-0.2, 0) is 16.0 Å². The second-order valence-corrected chi connectivity index (χ2v) is 5.40. The normalized spacial score (nSPS) is 10.2. The third-order valence-corrected chi connectivity index (χ3v) is 3.55. The van der Waals surface area contributed by atoms with E-state index in [0.29, 0.717) is 29.1 Å². The number of anilines is 1. The molecule has 5 nitrogen and oxygen atoms in total. The van der Waals surface area contributed by atoms with Gasteiger partial charge in [-0.3, -0.25) is 4.79 Å². The number of hydrogen-bond donors (Lipinski definition) is 1. The van der Waals surface area contributed by atoms with Gasteiger partial charge in [-0.15, -0.1) is 11.3 Å². The number of methoxy groups -OCH3 is 1. The summed E-state index contributed by atoms with van der Waals surface area (Å²) >= 11 is 7.42. The van der Waals surface area contributed by atoms with Crippen LogP contribution in [0.4, 0.5) is 5.69 Å². The Morgan fingerprint density at radius 2 is 2.19 bits per heavy atom. The molecule has 0 aliphatic carbocycles. The first-order valence-corrected chi connectivity index (χ1v) is 7.46. The Labute approximate surface area is 130 Å². The van der Waals surface area contributed by atoms with Gasteiger partial charge in [-0.25, -0.2) is 9.78 Å². The van der Waals surface area contributed by atoms with E-state index in [9.17, 15) is 9.59 Å². The van der Waals surface area contributed by atoms with Crippen LogP contribution in [0.5, 0.6) is 0 Å². The zero-order chi connectivity index (χ0) is 15.2. The van der Waals surface area contributed by atoms with Gasteiger partial charge in [0.05, 0.1) is 23.9 Å². The summed E-state index contributed by atoms with van der Waals surface area (Å²) < 4.78 is 4.63. The van der Waals surface area contributed by atoms with E-state index in [1.165, 1.54) is 30.6 Å². The third-order valence-electron chi connectivity index (χ3n) is 2.69. The third kappa shape index (κ3) is 4.54. The first-order valence-electron chi connectivity index (χ1n) is 6.14. The lowest BCUT2D eigenvalue weighted by molar-refractivity contribution is -0.116. The molecular formula is C14H13ClN2O3S. The van der Waals surface area contributed by atoms with Crippen LogP contribution in [0.25, 0.3) is 0 Å². The summed E-state index contributed by atoms with van der Waals surface area (Å²) in [6.45, 7) is 0. The molecule has 1 N–H and O–H groups in total. The van der Waals surface area contributed by atoms with Crippen molar-refractivity contribution in [2.45, 2.75) is 12.8 Å². The van der Waals surface area contributed by atoms with E-state index in [0.717, 1.165) is 5.69 Å². The number of carbonyl (C=O) groups is 2. The number of benzene rings is 1. The Hall–Kier alpha value is -1.92. The van der Waals surface area contributed by atoms with Gasteiger partial charge in [0, 0.05) is 22.5 Å². The van der Waals surface area contributed by atoms with Gasteiger partial charge in [-0.1, -0.05) is 11.6 Å². The van der Waals surface area contributed by atoms with Crippen molar-refractivity contribution < 1.29 is 14.3 Å². The maximum absolute atomic E-state index is 11.9. The number of ether oxygens (including phenoxy) is 1. The fourth-order valence-electron chi connectivity index (χ4n) is 1.72. The van der Waals surface area contributed by atoms with E-state index in [1.54, 1.807) is 11.6 Å². The number of hydrogen-bond acceptors (Lipinski definition) is 5. The molecule has 1 amide bonds. The molecular weight excluding hydrogens is 312 g/mol. The average Bonchev–Trinajstić information content (AvgIpc) is 2.97. The molecule has 1 heterocycles. The molecule has 1 aromatic carbocycles. The number of amides is 1. The zero-order valence-electron chi connectivity index (χ0n) is 11.3. The fraction of sp³-hybridized carbons (Fsp3) is 0.214. The minimum Gasteiger partial charge on any atom is -0.465 e. The molecule has 0 saturated heterocycles. The number of aryl methyl sites for hydroxylation is 1. The van der Waals surface area contributed by atoms with Crippen LogP contribution in [0.2, 0.25) is 5.02 Å². The van der Waals surface area contributed by atoms with E-state index in [4.69, 9.17) is 11.6 Å². The predicted molar refractivity (Wildman–Crippen MR) is 81.9 cm³/mol. The molecule has 0 radical (unpaired) electrons. The first-order chi connectivity index (χ1) is 10.1. The van der Waals surface area contributed by atoms with E-state index >= 15 is 0 Å². The van der Waals surface area contributed by atoms with Crippen molar-refractivity contribution in [1.82, 2.24) is 4.98 Å². The Balaban J connectivity index is 1.99. The molecule has 0 bridgehead atoms.